The molecule has 2 fully saturated rings. The van der Waals surface area contributed by atoms with Crippen molar-refractivity contribution in [3.05, 3.63) is 0 Å². The van der Waals surface area contributed by atoms with Crippen LogP contribution >= 0.6 is 0 Å². The number of nitrogens with one attached hydrogen (secondary N) is 3. The first-order valence-electron chi connectivity index (χ1n) is 6.00. The second kappa shape index (κ2) is 4.82. The lowest BCUT2D eigenvalue weighted by atomic mass is 9.99. The molecule has 0 saturated carbocycles. The summed E-state index contributed by atoms with van der Waals surface area (Å²) in [6.07, 6.45) is 2.56. The van der Waals surface area contributed by atoms with Crippen molar-refractivity contribution in [3.8, 4) is 0 Å². The molecule has 2 heterocycles. The van der Waals surface area contributed by atoms with E-state index in [0.717, 1.165) is 32.4 Å². The highest BCUT2D eigenvalue weighted by Crippen LogP contribution is 2.16. The molecule has 2 saturated heterocycles. The Hall–Kier alpha value is -1.10. The molecule has 3 atom stereocenters. The third kappa shape index (κ3) is 2.35. The van der Waals surface area contributed by atoms with E-state index in [9.17, 15) is 9.59 Å². The largest absolute Gasteiger partial charge is 0.354 e. The van der Waals surface area contributed by atoms with Crippen LogP contribution in [0.2, 0.25) is 0 Å². The van der Waals surface area contributed by atoms with Gasteiger partial charge in [-0.3, -0.25) is 9.59 Å². The Kier molecular flexibility index (Phi) is 3.43. The molecule has 2 rings (SSSR count). The molecule has 90 valence electrons. The van der Waals surface area contributed by atoms with E-state index in [1.54, 1.807) is 0 Å². The van der Waals surface area contributed by atoms with Gasteiger partial charge >= 0.3 is 0 Å². The molecule has 0 bridgehead atoms. The lowest BCUT2D eigenvalue weighted by Crippen LogP contribution is -2.52. The fraction of sp³-hybridized carbons (Fsp3) is 0.818. The van der Waals surface area contributed by atoms with E-state index in [-0.39, 0.29) is 29.8 Å². The Labute approximate surface area is 95.3 Å². The minimum absolute atomic E-state index is 0.00901. The van der Waals surface area contributed by atoms with E-state index < -0.39 is 0 Å². The van der Waals surface area contributed by atoms with Gasteiger partial charge in [0.05, 0.1) is 5.92 Å². The maximum Gasteiger partial charge on any atom is 0.242 e. The molecule has 3 N–H and O–H groups in total. The summed E-state index contributed by atoms with van der Waals surface area (Å²) in [6, 6.07) is -0.110. The van der Waals surface area contributed by atoms with Gasteiger partial charge in [0.15, 0.2) is 0 Å². The van der Waals surface area contributed by atoms with Crippen molar-refractivity contribution >= 4 is 11.8 Å². The predicted molar refractivity (Wildman–Crippen MR) is 59.7 cm³/mol. The van der Waals surface area contributed by atoms with Gasteiger partial charge in [-0.2, -0.15) is 0 Å². The fourth-order valence-corrected chi connectivity index (χ4v) is 2.41. The molecule has 2 aliphatic heterocycles. The molecule has 16 heavy (non-hydrogen) atoms. The second-order valence-electron chi connectivity index (χ2n) is 4.63. The van der Waals surface area contributed by atoms with Crippen LogP contribution in [0.25, 0.3) is 0 Å². The summed E-state index contributed by atoms with van der Waals surface area (Å²) >= 11 is 0. The van der Waals surface area contributed by atoms with Crippen LogP contribution in [0.4, 0.5) is 0 Å². The molecule has 5 heteroatoms. The maximum absolute atomic E-state index is 11.9. The van der Waals surface area contributed by atoms with E-state index in [1.165, 1.54) is 0 Å². The zero-order valence-electron chi connectivity index (χ0n) is 9.58. The summed E-state index contributed by atoms with van der Waals surface area (Å²) < 4.78 is 0. The molecule has 3 unspecified atom stereocenters. The molecule has 0 aromatic rings. The van der Waals surface area contributed by atoms with Crippen molar-refractivity contribution in [1.82, 2.24) is 16.0 Å². The van der Waals surface area contributed by atoms with E-state index in [0.29, 0.717) is 0 Å². The number of piperidine rings is 1. The molecule has 0 aromatic heterocycles. The fourth-order valence-electron chi connectivity index (χ4n) is 2.41. The minimum atomic E-state index is -0.325. The highest BCUT2D eigenvalue weighted by molar-refractivity contribution is 5.89. The summed E-state index contributed by atoms with van der Waals surface area (Å²) in [5, 5.41) is 8.86. The zero-order chi connectivity index (χ0) is 11.5. The summed E-state index contributed by atoms with van der Waals surface area (Å²) in [5.41, 5.74) is 0. The van der Waals surface area contributed by atoms with Gasteiger partial charge < -0.3 is 16.0 Å². The first-order chi connectivity index (χ1) is 7.68. The molecule has 0 radical (unpaired) electrons. The van der Waals surface area contributed by atoms with Crippen molar-refractivity contribution in [2.24, 2.45) is 5.92 Å². The van der Waals surface area contributed by atoms with Crippen LogP contribution in [0.3, 0.4) is 0 Å². The van der Waals surface area contributed by atoms with Gasteiger partial charge in [-0.15, -0.1) is 0 Å². The Morgan fingerprint density at radius 3 is 2.81 bits per heavy atom. The SMILES string of the molecule is CC1NCCC1C(=O)NC1CCCNC1=O. The van der Waals surface area contributed by atoms with E-state index in [1.807, 2.05) is 6.92 Å². The van der Waals surface area contributed by atoms with Crippen LogP contribution in [-0.4, -0.2) is 37.0 Å². The molecule has 2 aliphatic rings. The summed E-state index contributed by atoms with van der Waals surface area (Å²) in [7, 11) is 0. The third-order valence-electron chi connectivity index (χ3n) is 3.46. The molecular weight excluding hydrogens is 206 g/mol. The first-order valence-corrected chi connectivity index (χ1v) is 6.00. The van der Waals surface area contributed by atoms with Crippen LogP contribution in [0, 0.1) is 5.92 Å². The topological polar surface area (TPSA) is 70.2 Å². The number of hydrogen-bond acceptors (Lipinski definition) is 3. The number of amides is 2. The van der Waals surface area contributed by atoms with Gasteiger partial charge in [0.25, 0.3) is 0 Å². The molecule has 0 aromatic carbocycles. The quantitative estimate of drug-likeness (QED) is 0.586. The van der Waals surface area contributed by atoms with Crippen molar-refractivity contribution in [2.75, 3.05) is 13.1 Å². The number of hydrogen-bond donors (Lipinski definition) is 3. The second-order valence-corrected chi connectivity index (χ2v) is 4.63. The van der Waals surface area contributed by atoms with E-state index >= 15 is 0 Å². The molecule has 0 aliphatic carbocycles. The molecule has 5 nitrogen and oxygen atoms in total. The molecular formula is C11H19N3O2. The predicted octanol–water partition coefficient (Wildman–Crippen LogP) is -0.621. The van der Waals surface area contributed by atoms with Crippen LogP contribution in [0.5, 0.6) is 0 Å². The Morgan fingerprint density at radius 1 is 1.38 bits per heavy atom. The monoisotopic (exact) mass is 225 g/mol. The average molecular weight is 225 g/mol. The molecule has 0 spiro atoms. The van der Waals surface area contributed by atoms with Gasteiger partial charge in [-0.05, 0) is 32.7 Å². The minimum Gasteiger partial charge on any atom is -0.354 e. The van der Waals surface area contributed by atoms with Gasteiger partial charge in [-0.1, -0.05) is 0 Å². The van der Waals surface area contributed by atoms with E-state index in [4.69, 9.17) is 0 Å². The number of carbonyl (C=O) groups is 2. The maximum atomic E-state index is 11.9. The van der Waals surface area contributed by atoms with Gasteiger partial charge in [0.2, 0.25) is 11.8 Å². The van der Waals surface area contributed by atoms with Crippen LogP contribution in [-0.2, 0) is 9.59 Å². The van der Waals surface area contributed by atoms with Crippen molar-refractivity contribution in [3.63, 3.8) is 0 Å². The highest BCUT2D eigenvalue weighted by atomic mass is 16.2. The Bertz CT molecular complexity index is 293. The van der Waals surface area contributed by atoms with Gasteiger partial charge in [0.1, 0.15) is 6.04 Å². The smallest absolute Gasteiger partial charge is 0.242 e. The summed E-state index contributed by atoms with van der Waals surface area (Å²) in [6.45, 7) is 3.63. The Balaban J connectivity index is 1.88. The van der Waals surface area contributed by atoms with Crippen LogP contribution in [0.1, 0.15) is 26.2 Å². The van der Waals surface area contributed by atoms with Gasteiger partial charge in [0, 0.05) is 12.6 Å². The van der Waals surface area contributed by atoms with Gasteiger partial charge in [-0.25, -0.2) is 0 Å². The lowest BCUT2D eigenvalue weighted by molar-refractivity contribution is -0.132. The van der Waals surface area contributed by atoms with Crippen molar-refractivity contribution in [2.45, 2.75) is 38.3 Å². The summed E-state index contributed by atoms with van der Waals surface area (Å²) in [5.74, 6) is -0.0208. The van der Waals surface area contributed by atoms with E-state index in [2.05, 4.69) is 16.0 Å². The van der Waals surface area contributed by atoms with Crippen molar-refractivity contribution < 1.29 is 9.59 Å². The standard InChI is InChI=1S/C11H19N3O2/c1-7-8(4-6-12-7)10(15)14-9-3-2-5-13-11(9)16/h7-9,12H,2-6H2,1H3,(H,13,16)(H,14,15). The lowest BCUT2D eigenvalue weighted by Gasteiger charge is -2.25. The first kappa shape index (κ1) is 11.4. The number of carbonyl (C=O) groups excluding carboxylic acids is 2. The zero-order valence-corrected chi connectivity index (χ0v) is 9.58. The normalized spacial score (nSPS) is 34.6. The van der Waals surface area contributed by atoms with Crippen LogP contribution in [0.15, 0.2) is 0 Å². The average Bonchev–Trinajstić information content (AvgIpc) is 2.68. The van der Waals surface area contributed by atoms with Crippen LogP contribution < -0.4 is 16.0 Å². The number of rotatable bonds is 2. The van der Waals surface area contributed by atoms with Crippen molar-refractivity contribution in [1.29, 1.82) is 0 Å². The Morgan fingerprint density at radius 2 is 2.19 bits per heavy atom. The highest BCUT2D eigenvalue weighted by Gasteiger charge is 2.32. The summed E-state index contributed by atoms with van der Waals surface area (Å²) in [4.78, 5) is 23.4. The third-order valence-corrected chi connectivity index (χ3v) is 3.46. The molecule has 2 amide bonds.